The van der Waals surface area contributed by atoms with Crippen molar-refractivity contribution in [2.24, 2.45) is 0 Å². The molecule has 2 aromatic rings. The van der Waals surface area contributed by atoms with Crippen molar-refractivity contribution >= 4 is 15.9 Å². The lowest BCUT2D eigenvalue weighted by Gasteiger charge is -2.13. The summed E-state index contributed by atoms with van der Waals surface area (Å²) in [6.45, 7) is 4.86. The van der Waals surface area contributed by atoms with E-state index in [4.69, 9.17) is 4.74 Å². The van der Waals surface area contributed by atoms with Crippen LogP contribution in [0.15, 0.2) is 41.1 Å². The fourth-order valence-corrected chi connectivity index (χ4v) is 1.99. The average molecular weight is 339 g/mol. The number of hydrogen-bond acceptors (Lipinski definition) is 3. The van der Waals surface area contributed by atoms with Gasteiger partial charge in [-0.25, -0.2) is 4.39 Å². The van der Waals surface area contributed by atoms with E-state index >= 15 is 0 Å². The number of nitrogens with one attached hydrogen (secondary N) is 1. The lowest BCUT2D eigenvalue weighted by atomic mass is 10.2. The molecule has 0 aliphatic heterocycles. The highest BCUT2D eigenvalue weighted by atomic mass is 79.9. The van der Waals surface area contributed by atoms with Gasteiger partial charge in [0.15, 0.2) is 0 Å². The maximum Gasteiger partial charge on any atom is 0.150 e. The number of ether oxygens (including phenoxy) is 1. The number of halogens is 2. The summed E-state index contributed by atoms with van der Waals surface area (Å²) in [5.74, 6) is 0.918. The van der Waals surface area contributed by atoms with Crippen LogP contribution in [0.3, 0.4) is 0 Å². The van der Waals surface area contributed by atoms with Crippen molar-refractivity contribution in [2.75, 3.05) is 0 Å². The lowest BCUT2D eigenvalue weighted by molar-refractivity contribution is 0.464. The van der Waals surface area contributed by atoms with E-state index in [0.717, 1.165) is 5.56 Å². The Balaban J connectivity index is 2.17. The van der Waals surface area contributed by atoms with Crippen molar-refractivity contribution in [2.45, 2.75) is 26.4 Å². The van der Waals surface area contributed by atoms with Crippen molar-refractivity contribution in [3.63, 3.8) is 0 Å². The van der Waals surface area contributed by atoms with Crippen molar-refractivity contribution in [1.29, 1.82) is 0 Å². The van der Waals surface area contributed by atoms with Crippen molar-refractivity contribution in [3.8, 4) is 11.5 Å². The van der Waals surface area contributed by atoms with Crippen molar-refractivity contribution < 1.29 is 9.13 Å². The van der Waals surface area contributed by atoms with Gasteiger partial charge < -0.3 is 10.1 Å². The monoisotopic (exact) mass is 338 g/mol. The quantitative estimate of drug-likeness (QED) is 0.883. The molecule has 0 saturated carbocycles. The predicted molar refractivity (Wildman–Crippen MR) is 80.4 cm³/mol. The molecule has 0 amide bonds. The molecular formula is C15H16BrFN2O. The molecule has 20 heavy (non-hydrogen) atoms. The number of pyridine rings is 1. The average Bonchev–Trinajstić information content (AvgIpc) is 2.42. The number of rotatable bonds is 5. The summed E-state index contributed by atoms with van der Waals surface area (Å²) in [7, 11) is 0. The molecule has 1 heterocycles. The Morgan fingerprint density at radius 2 is 2.15 bits per heavy atom. The maximum absolute atomic E-state index is 13.2. The molecule has 5 heteroatoms. The molecule has 0 unspecified atom stereocenters. The Bertz CT molecular complexity index is 590. The van der Waals surface area contributed by atoms with E-state index in [2.05, 4.69) is 40.1 Å². The fourth-order valence-electron chi connectivity index (χ4n) is 1.63. The number of aromatic nitrogens is 1. The summed E-state index contributed by atoms with van der Waals surface area (Å²) in [6.07, 6.45) is 3.39. The molecular weight excluding hydrogens is 323 g/mol. The first kappa shape index (κ1) is 14.9. The van der Waals surface area contributed by atoms with Crippen LogP contribution < -0.4 is 10.1 Å². The first-order chi connectivity index (χ1) is 9.56. The summed E-state index contributed by atoms with van der Waals surface area (Å²) < 4.78 is 19.4. The smallest absolute Gasteiger partial charge is 0.150 e. The first-order valence-electron chi connectivity index (χ1n) is 6.35. The van der Waals surface area contributed by atoms with Crippen LogP contribution in [0, 0.1) is 5.82 Å². The fraction of sp³-hybridized carbons (Fsp3) is 0.267. The van der Waals surface area contributed by atoms with E-state index in [1.165, 1.54) is 6.07 Å². The molecule has 3 nitrogen and oxygen atoms in total. The zero-order chi connectivity index (χ0) is 14.5. The van der Waals surface area contributed by atoms with Gasteiger partial charge in [0.25, 0.3) is 0 Å². The van der Waals surface area contributed by atoms with Crippen LogP contribution in [0.25, 0.3) is 0 Å². The highest BCUT2D eigenvalue weighted by molar-refractivity contribution is 9.10. The number of hydrogen-bond donors (Lipinski definition) is 1. The third-order valence-electron chi connectivity index (χ3n) is 2.69. The molecule has 106 valence electrons. The molecule has 1 aromatic heterocycles. The molecule has 1 N–H and O–H groups in total. The molecule has 0 atom stereocenters. The van der Waals surface area contributed by atoms with E-state index in [9.17, 15) is 4.39 Å². The Hall–Kier alpha value is -1.46. The third kappa shape index (κ3) is 4.02. The minimum atomic E-state index is -0.315. The van der Waals surface area contributed by atoms with Gasteiger partial charge in [-0.1, -0.05) is 13.8 Å². The van der Waals surface area contributed by atoms with Gasteiger partial charge in [0.1, 0.15) is 17.3 Å². The number of benzene rings is 1. The summed E-state index contributed by atoms with van der Waals surface area (Å²) in [5.41, 5.74) is 1.01. The van der Waals surface area contributed by atoms with Crippen LogP contribution in [0.5, 0.6) is 11.5 Å². The maximum atomic E-state index is 13.2. The Morgan fingerprint density at radius 1 is 1.35 bits per heavy atom. The van der Waals surface area contributed by atoms with Crippen LogP contribution in [0.1, 0.15) is 19.4 Å². The van der Waals surface area contributed by atoms with Gasteiger partial charge in [-0.3, -0.25) is 4.98 Å². The van der Waals surface area contributed by atoms with E-state index in [0.29, 0.717) is 28.6 Å². The van der Waals surface area contributed by atoms with Crippen LogP contribution in [-0.4, -0.2) is 11.0 Å². The minimum Gasteiger partial charge on any atom is -0.455 e. The minimum absolute atomic E-state index is 0.315. The van der Waals surface area contributed by atoms with Gasteiger partial charge in [0.2, 0.25) is 0 Å². The molecule has 0 bridgehead atoms. The summed E-state index contributed by atoms with van der Waals surface area (Å²) in [4.78, 5) is 4.07. The second-order valence-electron chi connectivity index (χ2n) is 4.70. The highest BCUT2D eigenvalue weighted by Gasteiger charge is 2.07. The highest BCUT2D eigenvalue weighted by Crippen LogP contribution is 2.28. The van der Waals surface area contributed by atoms with Crippen LogP contribution >= 0.6 is 15.9 Å². The van der Waals surface area contributed by atoms with E-state index < -0.39 is 0 Å². The van der Waals surface area contributed by atoms with Gasteiger partial charge in [-0.2, -0.15) is 0 Å². The van der Waals surface area contributed by atoms with Crippen LogP contribution in [0.4, 0.5) is 4.39 Å². The van der Waals surface area contributed by atoms with Gasteiger partial charge in [-0.05, 0) is 40.2 Å². The largest absolute Gasteiger partial charge is 0.455 e. The summed E-state index contributed by atoms with van der Waals surface area (Å²) in [5, 5.41) is 3.33. The Morgan fingerprint density at radius 3 is 2.85 bits per heavy atom. The molecule has 0 aliphatic rings. The van der Waals surface area contributed by atoms with E-state index in [-0.39, 0.29) is 5.82 Å². The summed E-state index contributed by atoms with van der Waals surface area (Å²) in [6, 6.07) is 6.84. The molecule has 2 rings (SSSR count). The Kier molecular flexibility index (Phi) is 5.09. The van der Waals surface area contributed by atoms with Gasteiger partial charge in [0.05, 0.1) is 10.7 Å². The van der Waals surface area contributed by atoms with Crippen molar-refractivity contribution in [1.82, 2.24) is 10.3 Å². The SMILES string of the molecule is CC(C)NCc1ccncc1Oc1ccc(F)c(Br)c1. The Labute approximate surface area is 126 Å². The van der Waals surface area contributed by atoms with Gasteiger partial charge in [0, 0.05) is 24.3 Å². The second-order valence-corrected chi connectivity index (χ2v) is 5.55. The van der Waals surface area contributed by atoms with Crippen LogP contribution in [0.2, 0.25) is 0 Å². The molecule has 0 aliphatic carbocycles. The standard InChI is InChI=1S/C15H16BrFN2O/c1-10(2)19-8-11-5-6-18-9-15(11)20-12-3-4-14(17)13(16)7-12/h3-7,9-10,19H,8H2,1-2H3. The molecule has 1 aromatic carbocycles. The van der Waals surface area contributed by atoms with E-state index in [1.807, 2.05) is 6.07 Å². The van der Waals surface area contributed by atoms with Gasteiger partial charge >= 0.3 is 0 Å². The molecule has 0 saturated heterocycles. The van der Waals surface area contributed by atoms with Gasteiger partial charge in [-0.15, -0.1) is 0 Å². The zero-order valence-electron chi connectivity index (χ0n) is 11.4. The molecule has 0 fully saturated rings. The zero-order valence-corrected chi connectivity index (χ0v) is 12.9. The first-order valence-corrected chi connectivity index (χ1v) is 7.14. The van der Waals surface area contributed by atoms with E-state index in [1.54, 1.807) is 24.5 Å². The third-order valence-corrected chi connectivity index (χ3v) is 3.30. The topological polar surface area (TPSA) is 34.2 Å². The summed E-state index contributed by atoms with van der Waals surface area (Å²) >= 11 is 3.14. The predicted octanol–water partition coefficient (Wildman–Crippen LogP) is 4.27. The normalized spacial score (nSPS) is 10.8. The van der Waals surface area contributed by atoms with Crippen molar-refractivity contribution in [3.05, 3.63) is 52.5 Å². The molecule has 0 radical (unpaired) electrons. The number of nitrogens with zero attached hydrogens (tertiary/aromatic N) is 1. The molecule has 0 spiro atoms. The van der Waals surface area contributed by atoms with Crippen LogP contribution in [-0.2, 0) is 6.54 Å². The lowest BCUT2D eigenvalue weighted by Crippen LogP contribution is -2.22. The second kappa shape index (κ2) is 6.81.